The van der Waals surface area contributed by atoms with E-state index in [4.69, 9.17) is 0 Å². The van der Waals surface area contributed by atoms with E-state index >= 15 is 0 Å². The van der Waals surface area contributed by atoms with Gasteiger partial charge < -0.3 is 15.5 Å². The summed E-state index contributed by atoms with van der Waals surface area (Å²) in [7, 11) is 0. The number of fused-ring (bicyclic) bond motifs is 1. The molecule has 1 fully saturated rings. The number of benzene rings is 2. The topological polar surface area (TPSA) is 30.5 Å². The standard InChI is InChI=1S/C24H34N4/c1-2-27-14-16-28(17-15-27)19-21-11-9-20(10-12-21)18-26-24-8-5-13-25-23-7-4-3-6-22(23)24/h3-4,6-7,9-12,24-26H,2,5,8,13-19H2,1H3. The van der Waals surface area contributed by atoms with Crippen molar-refractivity contribution in [3.8, 4) is 0 Å². The van der Waals surface area contributed by atoms with Crippen LogP contribution in [0.15, 0.2) is 48.5 Å². The molecule has 2 N–H and O–H groups in total. The van der Waals surface area contributed by atoms with Crippen molar-refractivity contribution in [2.24, 2.45) is 0 Å². The molecule has 2 heterocycles. The normalized spacial score (nSPS) is 21.0. The second kappa shape index (κ2) is 9.55. The van der Waals surface area contributed by atoms with Crippen LogP contribution < -0.4 is 10.6 Å². The van der Waals surface area contributed by atoms with E-state index in [0.29, 0.717) is 6.04 Å². The van der Waals surface area contributed by atoms with E-state index in [1.54, 1.807) is 0 Å². The third-order valence-corrected chi connectivity index (χ3v) is 6.22. The Morgan fingerprint density at radius 3 is 2.43 bits per heavy atom. The Morgan fingerprint density at radius 1 is 0.929 bits per heavy atom. The number of para-hydroxylation sites is 1. The number of rotatable bonds is 6. The van der Waals surface area contributed by atoms with E-state index < -0.39 is 0 Å². The molecule has 4 rings (SSSR count). The van der Waals surface area contributed by atoms with Crippen LogP contribution in [0.5, 0.6) is 0 Å². The van der Waals surface area contributed by atoms with E-state index in [2.05, 4.69) is 75.9 Å². The molecule has 2 aliphatic heterocycles. The van der Waals surface area contributed by atoms with Crippen LogP contribution in [0.2, 0.25) is 0 Å². The van der Waals surface area contributed by atoms with Crippen LogP contribution in [-0.4, -0.2) is 49.1 Å². The smallest absolute Gasteiger partial charge is 0.0388 e. The number of hydrogen-bond acceptors (Lipinski definition) is 4. The molecule has 4 heteroatoms. The highest BCUT2D eigenvalue weighted by molar-refractivity contribution is 5.53. The zero-order valence-corrected chi connectivity index (χ0v) is 17.2. The minimum atomic E-state index is 0.431. The highest BCUT2D eigenvalue weighted by atomic mass is 15.3. The van der Waals surface area contributed by atoms with E-state index in [-0.39, 0.29) is 0 Å². The number of anilines is 1. The fourth-order valence-electron chi connectivity index (χ4n) is 4.38. The summed E-state index contributed by atoms with van der Waals surface area (Å²) in [4.78, 5) is 5.11. The van der Waals surface area contributed by atoms with Crippen molar-refractivity contribution >= 4 is 5.69 Å². The summed E-state index contributed by atoms with van der Waals surface area (Å²) in [5.74, 6) is 0. The largest absolute Gasteiger partial charge is 0.385 e. The van der Waals surface area contributed by atoms with E-state index in [9.17, 15) is 0 Å². The van der Waals surface area contributed by atoms with Crippen LogP contribution in [0.4, 0.5) is 5.69 Å². The Balaban J connectivity index is 1.30. The molecule has 0 amide bonds. The highest BCUT2D eigenvalue weighted by Crippen LogP contribution is 2.29. The van der Waals surface area contributed by atoms with Gasteiger partial charge in [-0.3, -0.25) is 4.90 Å². The van der Waals surface area contributed by atoms with Crippen molar-refractivity contribution in [3.05, 3.63) is 65.2 Å². The van der Waals surface area contributed by atoms with E-state index in [1.807, 2.05) is 0 Å². The first-order valence-corrected chi connectivity index (χ1v) is 10.9. The monoisotopic (exact) mass is 378 g/mol. The van der Waals surface area contributed by atoms with Gasteiger partial charge in [-0.15, -0.1) is 0 Å². The molecular weight excluding hydrogens is 344 g/mol. The summed E-state index contributed by atoms with van der Waals surface area (Å²) in [6.45, 7) is 11.3. The van der Waals surface area contributed by atoms with Gasteiger partial charge in [-0.05, 0) is 42.1 Å². The molecule has 0 spiro atoms. The van der Waals surface area contributed by atoms with Crippen molar-refractivity contribution in [2.45, 2.75) is 38.9 Å². The van der Waals surface area contributed by atoms with Crippen LogP contribution in [0, 0.1) is 0 Å². The predicted octanol–water partition coefficient (Wildman–Crippen LogP) is 3.86. The predicted molar refractivity (Wildman–Crippen MR) is 118 cm³/mol. The Hall–Kier alpha value is -1.88. The number of hydrogen-bond donors (Lipinski definition) is 2. The van der Waals surface area contributed by atoms with Gasteiger partial charge in [0.15, 0.2) is 0 Å². The minimum Gasteiger partial charge on any atom is -0.385 e. The zero-order valence-electron chi connectivity index (χ0n) is 17.2. The number of nitrogens with one attached hydrogen (secondary N) is 2. The fraction of sp³-hybridized carbons (Fsp3) is 0.500. The molecule has 0 saturated carbocycles. The molecule has 0 aliphatic carbocycles. The summed E-state index contributed by atoms with van der Waals surface area (Å²) in [6, 6.07) is 18.4. The maximum Gasteiger partial charge on any atom is 0.0388 e. The lowest BCUT2D eigenvalue weighted by molar-refractivity contribution is 0.132. The SMILES string of the molecule is CCN1CCN(Cc2ccc(CNC3CCCNc4ccccc43)cc2)CC1. The molecule has 150 valence electrons. The Labute approximate surface area is 169 Å². The van der Waals surface area contributed by atoms with Crippen LogP contribution in [0.1, 0.15) is 42.5 Å². The van der Waals surface area contributed by atoms with Gasteiger partial charge in [-0.1, -0.05) is 49.4 Å². The summed E-state index contributed by atoms with van der Waals surface area (Å²) in [5, 5.41) is 7.35. The maximum atomic E-state index is 3.79. The summed E-state index contributed by atoms with van der Waals surface area (Å²) in [6.07, 6.45) is 2.39. The molecule has 4 nitrogen and oxygen atoms in total. The molecule has 2 aliphatic rings. The lowest BCUT2D eigenvalue weighted by Gasteiger charge is -2.34. The van der Waals surface area contributed by atoms with Crippen LogP contribution >= 0.6 is 0 Å². The van der Waals surface area contributed by atoms with Crippen LogP contribution in [0.3, 0.4) is 0 Å². The van der Waals surface area contributed by atoms with Gasteiger partial charge in [0.05, 0.1) is 0 Å². The fourth-order valence-corrected chi connectivity index (χ4v) is 4.38. The van der Waals surface area contributed by atoms with Gasteiger partial charge in [0.2, 0.25) is 0 Å². The summed E-state index contributed by atoms with van der Waals surface area (Å²) >= 11 is 0. The second-order valence-corrected chi connectivity index (χ2v) is 8.12. The van der Waals surface area contributed by atoms with Crippen molar-refractivity contribution in [1.29, 1.82) is 0 Å². The first-order chi connectivity index (χ1) is 13.8. The number of piperazine rings is 1. The maximum absolute atomic E-state index is 3.79. The lowest BCUT2D eigenvalue weighted by Crippen LogP contribution is -2.45. The van der Waals surface area contributed by atoms with Crippen molar-refractivity contribution in [2.75, 3.05) is 44.6 Å². The summed E-state index contributed by atoms with van der Waals surface area (Å²) < 4.78 is 0. The molecule has 28 heavy (non-hydrogen) atoms. The minimum absolute atomic E-state index is 0.431. The molecular formula is C24H34N4. The van der Waals surface area contributed by atoms with Gasteiger partial charge in [0, 0.05) is 57.5 Å². The van der Waals surface area contributed by atoms with Crippen LogP contribution in [0.25, 0.3) is 0 Å². The van der Waals surface area contributed by atoms with E-state index in [0.717, 1.165) is 19.6 Å². The third-order valence-electron chi connectivity index (χ3n) is 6.22. The highest BCUT2D eigenvalue weighted by Gasteiger charge is 2.18. The molecule has 1 saturated heterocycles. The van der Waals surface area contributed by atoms with Crippen molar-refractivity contribution in [3.63, 3.8) is 0 Å². The van der Waals surface area contributed by atoms with Gasteiger partial charge >= 0.3 is 0 Å². The molecule has 1 atom stereocenters. The Morgan fingerprint density at radius 2 is 1.64 bits per heavy atom. The van der Waals surface area contributed by atoms with Gasteiger partial charge in [-0.25, -0.2) is 0 Å². The van der Waals surface area contributed by atoms with Crippen LogP contribution in [-0.2, 0) is 13.1 Å². The van der Waals surface area contributed by atoms with E-state index in [1.165, 1.54) is 67.9 Å². The zero-order chi connectivity index (χ0) is 19.2. The lowest BCUT2D eigenvalue weighted by atomic mass is 10.0. The number of likely N-dealkylation sites (N-methyl/N-ethyl adjacent to an activating group) is 1. The Bertz CT molecular complexity index is 735. The van der Waals surface area contributed by atoms with Crippen molar-refractivity contribution in [1.82, 2.24) is 15.1 Å². The number of nitrogens with zero attached hydrogens (tertiary/aromatic N) is 2. The first-order valence-electron chi connectivity index (χ1n) is 10.9. The molecule has 0 bridgehead atoms. The van der Waals surface area contributed by atoms with Gasteiger partial charge in [0.1, 0.15) is 0 Å². The average molecular weight is 379 g/mol. The summed E-state index contributed by atoms with van der Waals surface area (Å²) in [5.41, 5.74) is 5.49. The molecule has 0 radical (unpaired) electrons. The van der Waals surface area contributed by atoms with Gasteiger partial charge in [-0.2, -0.15) is 0 Å². The molecule has 1 unspecified atom stereocenters. The molecule has 0 aromatic heterocycles. The molecule has 2 aromatic carbocycles. The first kappa shape index (κ1) is 19.4. The Kier molecular flexibility index (Phi) is 6.63. The second-order valence-electron chi connectivity index (χ2n) is 8.12. The van der Waals surface area contributed by atoms with Gasteiger partial charge in [0.25, 0.3) is 0 Å². The van der Waals surface area contributed by atoms with Crippen molar-refractivity contribution < 1.29 is 0 Å². The molecule has 2 aromatic rings. The quantitative estimate of drug-likeness (QED) is 0.799. The average Bonchev–Trinajstić information content (AvgIpc) is 2.96. The third kappa shape index (κ3) is 4.93.